The van der Waals surface area contributed by atoms with Crippen molar-refractivity contribution in [2.75, 3.05) is 12.0 Å². The lowest BCUT2D eigenvalue weighted by Gasteiger charge is -2.06. The quantitative estimate of drug-likeness (QED) is 0.862. The van der Waals surface area contributed by atoms with Crippen LogP contribution < -0.4 is 5.73 Å². The largest absolute Gasteiger partial charge is 0.398 e. The molecule has 0 amide bonds. The van der Waals surface area contributed by atoms with Crippen LogP contribution in [0.15, 0.2) is 53.4 Å². The summed E-state index contributed by atoms with van der Waals surface area (Å²) in [7, 11) is -3.14. The highest BCUT2D eigenvalue weighted by Crippen LogP contribution is 2.26. The number of halogens is 1. The Kier molecular flexibility index (Phi) is 4.38. The van der Waals surface area contributed by atoms with Crippen LogP contribution in [0.2, 0.25) is 0 Å². The van der Waals surface area contributed by atoms with Crippen molar-refractivity contribution < 1.29 is 8.42 Å². The molecule has 0 aliphatic rings. The molecule has 2 N–H and O–H groups in total. The number of rotatable bonds is 2. The van der Waals surface area contributed by atoms with Crippen molar-refractivity contribution in [3.8, 4) is 11.1 Å². The number of nitrogens with two attached hydrogens (primary N) is 1. The molecule has 0 unspecified atom stereocenters. The molecular formula is C13H14ClNO2S. The van der Waals surface area contributed by atoms with Gasteiger partial charge in [-0.05, 0) is 23.8 Å². The van der Waals surface area contributed by atoms with Gasteiger partial charge in [-0.2, -0.15) is 0 Å². The topological polar surface area (TPSA) is 60.2 Å². The number of sulfone groups is 1. The van der Waals surface area contributed by atoms with E-state index in [1.54, 1.807) is 24.3 Å². The van der Waals surface area contributed by atoms with E-state index < -0.39 is 9.84 Å². The maximum atomic E-state index is 11.3. The van der Waals surface area contributed by atoms with Crippen LogP contribution in [0.3, 0.4) is 0 Å². The molecule has 5 heteroatoms. The Labute approximate surface area is 113 Å². The van der Waals surface area contributed by atoms with E-state index in [4.69, 9.17) is 5.73 Å². The van der Waals surface area contributed by atoms with Crippen LogP contribution in [0.5, 0.6) is 0 Å². The van der Waals surface area contributed by atoms with Gasteiger partial charge in [0, 0.05) is 17.5 Å². The Morgan fingerprint density at radius 2 is 1.50 bits per heavy atom. The fourth-order valence-corrected chi connectivity index (χ4v) is 2.27. The minimum absolute atomic E-state index is 0. The molecule has 0 saturated heterocycles. The van der Waals surface area contributed by atoms with Gasteiger partial charge in [0.05, 0.1) is 4.90 Å². The predicted molar refractivity (Wildman–Crippen MR) is 76.6 cm³/mol. The molecule has 0 spiro atoms. The van der Waals surface area contributed by atoms with Crippen LogP contribution in [0, 0.1) is 0 Å². The Morgan fingerprint density at radius 1 is 0.944 bits per heavy atom. The number of anilines is 1. The first-order valence-electron chi connectivity index (χ1n) is 5.13. The SMILES string of the molecule is CS(=O)(=O)c1ccc(-c2ccccc2N)cc1.Cl. The van der Waals surface area contributed by atoms with Gasteiger partial charge >= 0.3 is 0 Å². The highest BCUT2D eigenvalue weighted by Gasteiger charge is 2.07. The van der Waals surface area contributed by atoms with Gasteiger partial charge in [0.1, 0.15) is 0 Å². The van der Waals surface area contributed by atoms with Gasteiger partial charge in [0.2, 0.25) is 0 Å². The summed E-state index contributed by atoms with van der Waals surface area (Å²) in [6.07, 6.45) is 1.19. The van der Waals surface area contributed by atoms with Gasteiger partial charge in [0.15, 0.2) is 9.84 Å². The average molecular weight is 284 g/mol. The first-order valence-corrected chi connectivity index (χ1v) is 7.02. The average Bonchev–Trinajstić information content (AvgIpc) is 2.29. The molecule has 0 heterocycles. The molecule has 0 aliphatic carbocycles. The highest BCUT2D eigenvalue weighted by molar-refractivity contribution is 7.90. The maximum Gasteiger partial charge on any atom is 0.175 e. The van der Waals surface area contributed by atoms with Crippen molar-refractivity contribution in [1.29, 1.82) is 0 Å². The zero-order chi connectivity index (χ0) is 12.5. The second-order valence-corrected chi connectivity index (χ2v) is 5.90. The number of hydrogen-bond acceptors (Lipinski definition) is 3. The smallest absolute Gasteiger partial charge is 0.175 e. The summed E-state index contributed by atoms with van der Waals surface area (Å²) in [5.41, 5.74) is 8.36. The Hall–Kier alpha value is -1.52. The predicted octanol–water partition coefficient (Wildman–Crippen LogP) is 2.76. The molecule has 0 aliphatic heterocycles. The lowest BCUT2D eigenvalue weighted by Crippen LogP contribution is -1.96. The van der Waals surface area contributed by atoms with E-state index >= 15 is 0 Å². The van der Waals surface area contributed by atoms with Crippen LogP contribution in [0.25, 0.3) is 11.1 Å². The van der Waals surface area contributed by atoms with Crippen LogP contribution in [0.1, 0.15) is 0 Å². The summed E-state index contributed by atoms with van der Waals surface area (Å²) >= 11 is 0. The summed E-state index contributed by atoms with van der Waals surface area (Å²) < 4.78 is 22.6. The van der Waals surface area contributed by atoms with E-state index in [1.807, 2.05) is 24.3 Å². The van der Waals surface area contributed by atoms with E-state index in [0.717, 1.165) is 11.1 Å². The second kappa shape index (κ2) is 5.42. The lowest BCUT2D eigenvalue weighted by atomic mass is 10.0. The monoisotopic (exact) mass is 283 g/mol. The third kappa shape index (κ3) is 3.03. The van der Waals surface area contributed by atoms with E-state index in [1.165, 1.54) is 6.26 Å². The minimum atomic E-state index is -3.14. The minimum Gasteiger partial charge on any atom is -0.398 e. The van der Waals surface area contributed by atoms with Crippen molar-refractivity contribution >= 4 is 27.9 Å². The third-order valence-corrected chi connectivity index (χ3v) is 3.68. The summed E-state index contributed by atoms with van der Waals surface area (Å²) in [4.78, 5) is 0.316. The van der Waals surface area contributed by atoms with Crippen molar-refractivity contribution in [2.45, 2.75) is 4.90 Å². The van der Waals surface area contributed by atoms with Crippen molar-refractivity contribution in [2.24, 2.45) is 0 Å². The van der Waals surface area contributed by atoms with Gasteiger partial charge in [-0.25, -0.2) is 8.42 Å². The first-order chi connectivity index (χ1) is 7.98. The van der Waals surface area contributed by atoms with Crippen molar-refractivity contribution in [1.82, 2.24) is 0 Å². The molecular weight excluding hydrogens is 270 g/mol. The third-order valence-electron chi connectivity index (χ3n) is 2.55. The van der Waals surface area contributed by atoms with Crippen LogP contribution in [-0.2, 0) is 9.84 Å². The molecule has 96 valence electrons. The molecule has 2 aromatic carbocycles. The van der Waals surface area contributed by atoms with E-state index in [9.17, 15) is 8.42 Å². The highest BCUT2D eigenvalue weighted by atomic mass is 35.5. The molecule has 0 aromatic heterocycles. The van der Waals surface area contributed by atoms with Gasteiger partial charge in [-0.15, -0.1) is 12.4 Å². The summed E-state index contributed by atoms with van der Waals surface area (Å²) in [5, 5.41) is 0. The van der Waals surface area contributed by atoms with E-state index in [0.29, 0.717) is 10.6 Å². The molecule has 0 bridgehead atoms. The van der Waals surface area contributed by atoms with Gasteiger partial charge < -0.3 is 5.73 Å². The molecule has 3 nitrogen and oxygen atoms in total. The first kappa shape index (κ1) is 14.5. The molecule has 2 aromatic rings. The Morgan fingerprint density at radius 3 is 2.00 bits per heavy atom. The van der Waals surface area contributed by atoms with Gasteiger partial charge in [0.25, 0.3) is 0 Å². The van der Waals surface area contributed by atoms with Crippen molar-refractivity contribution in [3.05, 3.63) is 48.5 Å². The fraction of sp³-hybridized carbons (Fsp3) is 0.0769. The van der Waals surface area contributed by atoms with Crippen molar-refractivity contribution in [3.63, 3.8) is 0 Å². The van der Waals surface area contributed by atoms with Crippen LogP contribution >= 0.6 is 12.4 Å². The number of nitrogen functional groups attached to an aromatic ring is 1. The molecule has 0 atom stereocenters. The maximum absolute atomic E-state index is 11.3. The van der Waals surface area contributed by atoms with Gasteiger partial charge in [-0.1, -0.05) is 30.3 Å². The van der Waals surface area contributed by atoms with Gasteiger partial charge in [-0.3, -0.25) is 0 Å². The number of para-hydroxylation sites is 1. The molecule has 0 saturated carbocycles. The Balaban J connectivity index is 0.00000162. The van der Waals surface area contributed by atoms with Crippen LogP contribution in [0.4, 0.5) is 5.69 Å². The Bertz CT molecular complexity index is 636. The zero-order valence-corrected chi connectivity index (χ0v) is 11.5. The summed E-state index contributed by atoms with van der Waals surface area (Å²) in [5.74, 6) is 0. The van der Waals surface area contributed by atoms with E-state index in [2.05, 4.69) is 0 Å². The summed E-state index contributed by atoms with van der Waals surface area (Å²) in [6, 6.07) is 14.2. The van der Waals surface area contributed by atoms with Crippen LogP contribution in [-0.4, -0.2) is 14.7 Å². The fourth-order valence-electron chi connectivity index (χ4n) is 1.64. The van der Waals surface area contributed by atoms with E-state index in [-0.39, 0.29) is 12.4 Å². The molecule has 2 rings (SSSR count). The molecule has 18 heavy (non-hydrogen) atoms. The molecule has 0 radical (unpaired) electrons. The lowest BCUT2D eigenvalue weighted by molar-refractivity contribution is 0.602. The summed E-state index contributed by atoms with van der Waals surface area (Å²) in [6.45, 7) is 0. The zero-order valence-electron chi connectivity index (χ0n) is 9.83. The number of benzene rings is 2. The number of hydrogen-bond donors (Lipinski definition) is 1. The molecule has 0 fully saturated rings. The second-order valence-electron chi connectivity index (χ2n) is 3.88. The standard InChI is InChI=1S/C13H13NO2S.ClH/c1-17(15,16)11-8-6-10(7-9-11)12-4-2-3-5-13(12)14;/h2-9H,14H2,1H3;1H. The normalized spacial score (nSPS) is 10.7.